The average Bonchev–Trinajstić information content (AvgIpc) is 2.39. The van der Waals surface area contributed by atoms with Crippen molar-refractivity contribution >= 4 is 33.4 Å². The minimum atomic E-state index is -0.555. The lowest BCUT2D eigenvalue weighted by atomic mass is 10.1. The van der Waals surface area contributed by atoms with Crippen LogP contribution in [0.25, 0.3) is 0 Å². The lowest BCUT2D eigenvalue weighted by molar-refractivity contribution is 0.0640. The lowest BCUT2D eigenvalue weighted by Gasteiger charge is -2.34. The van der Waals surface area contributed by atoms with Crippen LogP contribution in [0.5, 0.6) is 0 Å². The first-order chi connectivity index (χ1) is 9.11. The number of nitrogens with zero attached hydrogens (tertiary/aromatic N) is 2. The number of carbonyl (C=O) groups excluding carboxylic acids is 1. The molecule has 0 radical (unpaired) electrons. The monoisotopic (exact) mass is 348 g/mol. The highest BCUT2D eigenvalue weighted by atomic mass is 79.9. The topological polar surface area (TPSA) is 23.6 Å². The Morgan fingerprint density at radius 3 is 2.58 bits per heavy atom. The van der Waals surface area contributed by atoms with Gasteiger partial charge in [-0.3, -0.25) is 9.69 Å². The van der Waals surface area contributed by atoms with Crippen molar-refractivity contribution < 1.29 is 9.18 Å². The molecule has 1 heterocycles. The number of amides is 1. The van der Waals surface area contributed by atoms with Crippen LogP contribution in [0.4, 0.5) is 4.39 Å². The van der Waals surface area contributed by atoms with Crippen LogP contribution in [0.2, 0.25) is 5.02 Å². The van der Waals surface area contributed by atoms with Gasteiger partial charge in [0.15, 0.2) is 0 Å². The molecule has 19 heavy (non-hydrogen) atoms. The summed E-state index contributed by atoms with van der Waals surface area (Å²) >= 11 is 9.08. The Balaban J connectivity index is 2.01. The van der Waals surface area contributed by atoms with Crippen molar-refractivity contribution in [2.24, 2.45) is 0 Å². The van der Waals surface area contributed by atoms with Gasteiger partial charge in [-0.2, -0.15) is 0 Å². The summed E-state index contributed by atoms with van der Waals surface area (Å²) in [5, 5.41) is 1.23. The van der Waals surface area contributed by atoms with Gasteiger partial charge in [-0.1, -0.05) is 27.5 Å². The highest BCUT2D eigenvalue weighted by molar-refractivity contribution is 9.09. The zero-order valence-electron chi connectivity index (χ0n) is 10.4. The number of carbonyl (C=O) groups is 1. The first-order valence-corrected chi connectivity index (χ1v) is 7.64. The van der Waals surface area contributed by atoms with E-state index in [2.05, 4.69) is 20.8 Å². The summed E-state index contributed by atoms with van der Waals surface area (Å²) in [6.07, 6.45) is 0. The lowest BCUT2D eigenvalue weighted by Crippen LogP contribution is -2.49. The molecule has 1 aromatic carbocycles. The number of halogens is 3. The van der Waals surface area contributed by atoms with Gasteiger partial charge in [0.25, 0.3) is 5.91 Å². The molecule has 0 spiro atoms. The molecule has 1 amide bonds. The molecule has 1 saturated heterocycles. The predicted octanol–water partition coefficient (Wildman–Crippen LogP) is 2.63. The summed E-state index contributed by atoms with van der Waals surface area (Å²) in [5.41, 5.74) is 0.0957. The molecule has 0 aliphatic carbocycles. The standard InChI is InChI=1S/C13H15BrClFN2O/c14-3-4-17-5-7-18(8-6-17)13(19)11-2-1-10(15)9-12(11)16/h1-2,9H,3-8H2. The fourth-order valence-corrected chi connectivity index (χ4v) is 2.79. The van der Waals surface area contributed by atoms with Crippen molar-refractivity contribution in [2.45, 2.75) is 0 Å². The Morgan fingerprint density at radius 1 is 1.32 bits per heavy atom. The molecule has 0 atom stereocenters. The third-order valence-electron chi connectivity index (χ3n) is 3.22. The third kappa shape index (κ3) is 3.68. The highest BCUT2D eigenvalue weighted by Gasteiger charge is 2.23. The van der Waals surface area contributed by atoms with E-state index >= 15 is 0 Å². The summed E-state index contributed by atoms with van der Waals surface area (Å²) < 4.78 is 13.7. The number of hydrogen-bond donors (Lipinski definition) is 0. The van der Waals surface area contributed by atoms with E-state index < -0.39 is 5.82 Å². The zero-order valence-corrected chi connectivity index (χ0v) is 12.8. The van der Waals surface area contributed by atoms with Crippen molar-refractivity contribution in [1.82, 2.24) is 9.80 Å². The van der Waals surface area contributed by atoms with E-state index in [-0.39, 0.29) is 11.5 Å². The smallest absolute Gasteiger partial charge is 0.256 e. The Labute approximate surface area is 125 Å². The molecular weight excluding hydrogens is 335 g/mol. The van der Waals surface area contributed by atoms with Crippen molar-refractivity contribution in [3.05, 3.63) is 34.6 Å². The SMILES string of the molecule is O=C(c1ccc(Cl)cc1F)N1CCN(CCBr)CC1. The van der Waals surface area contributed by atoms with Gasteiger partial charge in [-0.15, -0.1) is 0 Å². The van der Waals surface area contributed by atoms with Crippen LogP contribution < -0.4 is 0 Å². The van der Waals surface area contributed by atoms with Gasteiger partial charge in [0.05, 0.1) is 5.56 Å². The first-order valence-electron chi connectivity index (χ1n) is 6.14. The van der Waals surface area contributed by atoms with Crippen LogP contribution >= 0.6 is 27.5 Å². The number of alkyl halides is 1. The summed E-state index contributed by atoms with van der Waals surface area (Å²) in [6.45, 7) is 3.89. The van der Waals surface area contributed by atoms with Gasteiger partial charge in [0.2, 0.25) is 0 Å². The fourth-order valence-electron chi connectivity index (χ4n) is 2.13. The zero-order chi connectivity index (χ0) is 13.8. The first kappa shape index (κ1) is 14.8. The molecule has 0 unspecified atom stereocenters. The molecular formula is C13H15BrClFN2O. The molecule has 0 aromatic heterocycles. The second-order valence-corrected chi connectivity index (χ2v) is 5.68. The number of hydrogen-bond acceptors (Lipinski definition) is 2. The maximum atomic E-state index is 13.7. The van der Waals surface area contributed by atoms with E-state index in [4.69, 9.17) is 11.6 Å². The Hall–Kier alpha value is -0.650. The predicted molar refractivity (Wildman–Crippen MR) is 77.5 cm³/mol. The van der Waals surface area contributed by atoms with Crippen molar-refractivity contribution in [2.75, 3.05) is 38.1 Å². The summed E-state index contributed by atoms with van der Waals surface area (Å²) in [6, 6.07) is 4.17. The molecule has 0 bridgehead atoms. The molecule has 104 valence electrons. The van der Waals surface area contributed by atoms with Crippen molar-refractivity contribution in [3.8, 4) is 0 Å². The molecule has 0 saturated carbocycles. The van der Waals surface area contributed by atoms with Gasteiger partial charge in [-0.05, 0) is 18.2 Å². The molecule has 1 fully saturated rings. The molecule has 2 rings (SSSR count). The number of piperazine rings is 1. The van der Waals surface area contributed by atoms with Crippen molar-refractivity contribution in [1.29, 1.82) is 0 Å². The van der Waals surface area contributed by atoms with E-state index in [9.17, 15) is 9.18 Å². The minimum Gasteiger partial charge on any atom is -0.336 e. The molecule has 6 heteroatoms. The van der Waals surface area contributed by atoms with E-state index in [1.807, 2.05) is 0 Å². The quantitative estimate of drug-likeness (QED) is 0.783. The number of benzene rings is 1. The summed E-state index contributed by atoms with van der Waals surface area (Å²) in [5.74, 6) is -0.812. The van der Waals surface area contributed by atoms with Crippen LogP contribution in [0, 0.1) is 5.82 Å². The summed E-state index contributed by atoms with van der Waals surface area (Å²) in [4.78, 5) is 16.2. The third-order valence-corrected chi connectivity index (χ3v) is 3.81. The van der Waals surface area contributed by atoms with Crippen LogP contribution in [-0.4, -0.2) is 53.8 Å². The normalized spacial score (nSPS) is 16.7. The van der Waals surface area contributed by atoms with Crippen molar-refractivity contribution in [3.63, 3.8) is 0 Å². The van der Waals surface area contributed by atoms with E-state index in [1.165, 1.54) is 12.1 Å². The maximum Gasteiger partial charge on any atom is 0.256 e. The van der Waals surface area contributed by atoms with Gasteiger partial charge >= 0.3 is 0 Å². The van der Waals surface area contributed by atoms with Crippen LogP contribution in [0.3, 0.4) is 0 Å². The van der Waals surface area contributed by atoms with Gasteiger partial charge in [0.1, 0.15) is 5.82 Å². The fraction of sp³-hybridized carbons (Fsp3) is 0.462. The van der Waals surface area contributed by atoms with Crippen LogP contribution in [-0.2, 0) is 0 Å². The molecule has 3 nitrogen and oxygen atoms in total. The number of rotatable bonds is 3. The second-order valence-electron chi connectivity index (χ2n) is 4.45. The van der Waals surface area contributed by atoms with Crippen LogP contribution in [0.1, 0.15) is 10.4 Å². The molecule has 1 aromatic rings. The van der Waals surface area contributed by atoms with Gasteiger partial charge < -0.3 is 4.90 Å². The van der Waals surface area contributed by atoms with Gasteiger partial charge in [0, 0.05) is 43.1 Å². The maximum absolute atomic E-state index is 13.7. The minimum absolute atomic E-state index is 0.0957. The van der Waals surface area contributed by atoms with Crippen LogP contribution in [0.15, 0.2) is 18.2 Å². The molecule has 0 N–H and O–H groups in total. The Kier molecular flexibility index (Phi) is 5.19. The second kappa shape index (κ2) is 6.68. The Morgan fingerprint density at radius 2 is 2.00 bits per heavy atom. The molecule has 1 aliphatic rings. The highest BCUT2D eigenvalue weighted by Crippen LogP contribution is 2.17. The molecule has 1 aliphatic heterocycles. The van der Waals surface area contributed by atoms with Gasteiger partial charge in [-0.25, -0.2) is 4.39 Å². The van der Waals surface area contributed by atoms with E-state index in [0.717, 1.165) is 25.0 Å². The Bertz CT molecular complexity index is 464. The van der Waals surface area contributed by atoms with E-state index in [0.29, 0.717) is 18.1 Å². The summed E-state index contributed by atoms with van der Waals surface area (Å²) in [7, 11) is 0. The largest absolute Gasteiger partial charge is 0.336 e. The average molecular weight is 350 g/mol. The van der Waals surface area contributed by atoms with E-state index in [1.54, 1.807) is 11.0 Å².